The minimum Gasteiger partial charge on any atom is -0.368 e. The largest absolute Gasteiger partial charge is 0.368 e. The van der Waals surface area contributed by atoms with Gasteiger partial charge < -0.3 is 5.73 Å². The van der Waals surface area contributed by atoms with Crippen molar-refractivity contribution in [3.05, 3.63) is 34.6 Å². The Morgan fingerprint density at radius 1 is 1.46 bits per heavy atom. The predicted molar refractivity (Wildman–Crippen MR) is 49.9 cm³/mol. The molecule has 13 heavy (non-hydrogen) atoms. The topological polar surface area (TPSA) is 87.7 Å². The first-order valence-electron chi connectivity index (χ1n) is 3.74. The molecule has 5 nitrogen and oxygen atoms in total. The molecule has 1 heterocycles. The van der Waals surface area contributed by atoms with Gasteiger partial charge in [0.2, 0.25) is 5.96 Å². The smallest absolute Gasteiger partial charge is 0.272 e. The third-order valence-electron chi connectivity index (χ3n) is 1.84. The van der Waals surface area contributed by atoms with Gasteiger partial charge in [0.1, 0.15) is 0 Å². The first kappa shape index (κ1) is 7.60. The number of H-pyrrole nitrogens is 1. The van der Waals surface area contributed by atoms with E-state index in [4.69, 9.17) is 11.1 Å². The number of benzene rings is 1. The number of hydrogen-bond donors (Lipinski definition) is 3. The Morgan fingerprint density at radius 3 is 2.85 bits per heavy atom. The Kier molecular flexibility index (Phi) is 1.45. The zero-order valence-electron chi connectivity index (χ0n) is 6.74. The number of rotatable bonds is 0. The fraction of sp³-hybridized carbons (Fsp3) is 0. The number of nitrogen functional groups attached to an aromatic ring is 1. The van der Waals surface area contributed by atoms with Gasteiger partial charge in [-0.2, -0.15) is 0 Å². The summed E-state index contributed by atoms with van der Waals surface area (Å²) in [6.45, 7) is 0. The lowest BCUT2D eigenvalue weighted by molar-refractivity contribution is 0.920. The second-order valence-electron chi connectivity index (χ2n) is 2.68. The molecule has 1 aromatic carbocycles. The number of aromatic nitrogens is 2. The highest BCUT2D eigenvalue weighted by Gasteiger charge is 2.05. The van der Waals surface area contributed by atoms with Crippen molar-refractivity contribution < 1.29 is 0 Å². The normalized spacial score (nSPS) is 10.5. The standard InChI is InChI=1S/C8H8N4O/c9-8(10)12-6-4-2-1-3-5(6)7(13)11-12/h1-4H,(H3,9,10)(H,11,13). The summed E-state index contributed by atoms with van der Waals surface area (Å²) in [5.41, 5.74) is 5.66. The summed E-state index contributed by atoms with van der Waals surface area (Å²) < 4.78 is 1.25. The lowest BCUT2D eigenvalue weighted by Gasteiger charge is -1.98. The van der Waals surface area contributed by atoms with Gasteiger partial charge >= 0.3 is 0 Å². The molecule has 0 saturated carbocycles. The fourth-order valence-corrected chi connectivity index (χ4v) is 1.27. The van der Waals surface area contributed by atoms with Crippen LogP contribution < -0.4 is 11.3 Å². The van der Waals surface area contributed by atoms with Gasteiger partial charge in [-0.1, -0.05) is 12.1 Å². The van der Waals surface area contributed by atoms with Gasteiger partial charge in [-0.25, -0.2) is 4.68 Å². The van der Waals surface area contributed by atoms with Crippen LogP contribution >= 0.6 is 0 Å². The van der Waals surface area contributed by atoms with E-state index in [9.17, 15) is 4.79 Å². The molecular weight excluding hydrogens is 168 g/mol. The summed E-state index contributed by atoms with van der Waals surface area (Å²) in [6, 6.07) is 6.97. The fourth-order valence-electron chi connectivity index (χ4n) is 1.27. The number of para-hydroxylation sites is 1. The van der Waals surface area contributed by atoms with Crippen LogP contribution in [0.1, 0.15) is 0 Å². The molecule has 5 heteroatoms. The van der Waals surface area contributed by atoms with Gasteiger partial charge in [-0.3, -0.25) is 15.3 Å². The summed E-state index contributed by atoms with van der Waals surface area (Å²) in [5.74, 6) is -0.196. The molecule has 0 amide bonds. The SMILES string of the molecule is N=C(N)n1[nH]c(=O)c2ccccc21. The molecule has 0 unspecified atom stereocenters. The van der Waals surface area contributed by atoms with Crippen LogP contribution in [0.4, 0.5) is 0 Å². The number of aromatic amines is 1. The zero-order valence-corrected chi connectivity index (χ0v) is 6.74. The molecular formula is C8H8N4O. The van der Waals surface area contributed by atoms with Crippen LogP contribution in [0, 0.1) is 5.41 Å². The van der Waals surface area contributed by atoms with Crippen molar-refractivity contribution >= 4 is 16.9 Å². The molecule has 0 aliphatic rings. The maximum Gasteiger partial charge on any atom is 0.272 e. The van der Waals surface area contributed by atoms with E-state index in [2.05, 4.69) is 5.10 Å². The lowest BCUT2D eigenvalue weighted by atomic mass is 10.2. The molecule has 0 atom stereocenters. The molecule has 0 saturated heterocycles. The van der Waals surface area contributed by atoms with E-state index in [-0.39, 0.29) is 11.5 Å². The molecule has 0 spiro atoms. The summed E-state index contributed by atoms with van der Waals surface area (Å²) in [6.07, 6.45) is 0. The summed E-state index contributed by atoms with van der Waals surface area (Å²) in [5, 5.41) is 10.2. The summed E-state index contributed by atoms with van der Waals surface area (Å²) >= 11 is 0. The van der Waals surface area contributed by atoms with Crippen molar-refractivity contribution in [2.75, 3.05) is 0 Å². The Balaban J connectivity index is 2.94. The zero-order chi connectivity index (χ0) is 9.42. The summed E-state index contributed by atoms with van der Waals surface area (Å²) in [7, 11) is 0. The molecule has 0 fully saturated rings. The second-order valence-corrected chi connectivity index (χ2v) is 2.68. The Labute approximate surface area is 73.3 Å². The number of nitrogens with two attached hydrogens (primary N) is 1. The molecule has 0 aliphatic carbocycles. The number of nitrogens with zero attached hydrogens (tertiary/aromatic N) is 1. The van der Waals surface area contributed by atoms with Crippen molar-refractivity contribution in [2.24, 2.45) is 5.73 Å². The Morgan fingerprint density at radius 2 is 2.15 bits per heavy atom. The third-order valence-corrected chi connectivity index (χ3v) is 1.84. The van der Waals surface area contributed by atoms with E-state index in [0.29, 0.717) is 10.9 Å². The van der Waals surface area contributed by atoms with E-state index in [0.717, 1.165) is 0 Å². The molecule has 2 rings (SSSR count). The van der Waals surface area contributed by atoms with Crippen LogP contribution in [0.2, 0.25) is 0 Å². The molecule has 1 aromatic heterocycles. The van der Waals surface area contributed by atoms with Crippen LogP contribution in [0.5, 0.6) is 0 Å². The quantitative estimate of drug-likeness (QED) is 0.392. The van der Waals surface area contributed by atoms with E-state index in [1.54, 1.807) is 24.3 Å². The van der Waals surface area contributed by atoms with Gasteiger partial charge in [-0.15, -0.1) is 0 Å². The molecule has 4 N–H and O–H groups in total. The summed E-state index contributed by atoms with van der Waals surface area (Å²) in [4.78, 5) is 11.3. The number of nitrogens with one attached hydrogen (secondary N) is 2. The number of fused-ring (bicyclic) bond motifs is 1. The van der Waals surface area contributed by atoms with Crippen LogP contribution in [0.25, 0.3) is 10.9 Å². The molecule has 2 aromatic rings. The number of hydrogen-bond acceptors (Lipinski definition) is 2. The Hall–Kier alpha value is -2.04. The third kappa shape index (κ3) is 1.01. The van der Waals surface area contributed by atoms with Gasteiger partial charge in [0.15, 0.2) is 0 Å². The average Bonchev–Trinajstić information content (AvgIpc) is 2.45. The minimum atomic E-state index is -0.231. The molecule has 0 aliphatic heterocycles. The maximum atomic E-state index is 11.3. The van der Waals surface area contributed by atoms with E-state index in [1.807, 2.05) is 0 Å². The van der Waals surface area contributed by atoms with Crippen molar-refractivity contribution in [1.82, 2.24) is 9.78 Å². The molecule has 66 valence electrons. The van der Waals surface area contributed by atoms with E-state index < -0.39 is 0 Å². The highest BCUT2D eigenvalue weighted by Crippen LogP contribution is 2.06. The van der Waals surface area contributed by atoms with Gasteiger partial charge in [-0.05, 0) is 12.1 Å². The second kappa shape index (κ2) is 2.48. The first-order valence-corrected chi connectivity index (χ1v) is 3.74. The highest BCUT2D eigenvalue weighted by atomic mass is 16.1. The van der Waals surface area contributed by atoms with E-state index in [1.165, 1.54) is 4.68 Å². The van der Waals surface area contributed by atoms with Crippen molar-refractivity contribution in [2.45, 2.75) is 0 Å². The molecule has 0 radical (unpaired) electrons. The predicted octanol–water partition coefficient (Wildman–Crippen LogP) is 0.0712. The van der Waals surface area contributed by atoms with E-state index >= 15 is 0 Å². The van der Waals surface area contributed by atoms with Crippen LogP contribution in [0.3, 0.4) is 0 Å². The van der Waals surface area contributed by atoms with Crippen LogP contribution in [-0.4, -0.2) is 15.7 Å². The molecule has 0 bridgehead atoms. The van der Waals surface area contributed by atoms with Crippen molar-refractivity contribution in [3.63, 3.8) is 0 Å². The lowest BCUT2D eigenvalue weighted by Crippen LogP contribution is -2.23. The van der Waals surface area contributed by atoms with Crippen molar-refractivity contribution in [1.29, 1.82) is 5.41 Å². The van der Waals surface area contributed by atoms with Gasteiger partial charge in [0.05, 0.1) is 10.9 Å². The average molecular weight is 176 g/mol. The monoisotopic (exact) mass is 176 g/mol. The Bertz CT molecular complexity index is 522. The van der Waals surface area contributed by atoms with Gasteiger partial charge in [0, 0.05) is 0 Å². The maximum absolute atomic E-state index is 11.3. The minimum absolute atomic E-state index is 0.196. The van der Waals surface area contributed by atoms with Gasteiger partial charge in [0.25, 0.3) is 5.56 Å². The van der Waals surface area contributed by atoms with Crippen LogP contribution in [0.15, 0.2) is 29.1 Å². The highest BCUT2D eigenvalue weighted by molar-refractivity contribution is 5.89. The first-order chi connectivity index (χ1) is 6.20. The van der Waals surface area contributed by atoms with Crippen LogP contribution in [-0.2, 0) is 0 Å². The van der Waals surface area contributed by atoms with Crippen molar-refractivity contribution in [3.8, 4) is 0 Å².